The molecule has 2 atom stereocenters. The molecule has 0 spiro atoms. The Morgan fingerprint density at radius 2 is 2.05 bits per heavy atom. The van der Waals surface area contributed by atoms with E-state index in [0.29, 0.717) is 6.42 Å². The molecular formula is C13H18FNO3S. The van der Waals surface area contributed by atoms with Gasteiger partial charge in [0.05, 0.1) is 0 Å². The lowest BCUT2D eigenvalue weighted by atomic mass is 9.96. The summed E-state index contributed by atoms with van der Waals surface area (Å²) in [6.45, 7) is 2.01. The van der Waals surface area contributed by atoms with Crippen LogP contribution in [0.15, 0.2) is 29.2 Å². The van der Waals surface area contributed by atoms with Crippen LogP contribution in [-0.4, -0.2) is 37.0 Å². The van der Waals surface area contributed by atoms with Crippen LogP contribution in [0.1, 0.15) is 19.8 Å². The van der Waals surface area contributed by atoms with Crippen molar-refractivity contribution in [3.8, 4) is 0 Å². The number of hydrogen-bond donors (Lipinski definition) is 1. The zero-order valence-electron chi connectivity index (χ0n) is 10.8. The van der Waals surface area contributed by atoms with Crippen LogP contribution in [0.4, 0.5) is 4.39 Å². The van der Waals surface area contributed by atoms with Crippen LogP contribution in [0.25, 0.3) is 0 Å². The fourth-order valence-electron chi connectivity index (χ4n) is 2.41. The molecule has 0 bridgehead atoms. The van der Waals surface area contributed by atoms with Crippen LogP contribution >= 0.6 is 0 Å². The van der Waals surface area contributed by atoms with Crippen molar-refractivity contribution in [3.63, 3.8) is 0 Å². The van der Waals surface area contributed by atoms with E-state index in [2.05, 4.69) is 0 Å². The van der Waals surface area contributed by atoms with Crippen molar-refractivity contribution in [1.29, 1.82) is 0 Å². The second-order valence-corrected chi connectivity index (χ2v) is 6.84. The van der Waals surface area contributed by atoms with Crippen molar-refractivity contribution < 1.29 is 17.9 Å². The average Bonchev–Trinajstić information content (AvgIpc) is 2.39. The Bertz CT molecular complexity index is 547. The first-order chi connectivity index (χ1) is 8.96. The minimum atomic E-state index is -3.84. The minimum Gasteiger partial charge on any atom is -0.396 e. The van der Waals surface area contributed by atoms with Crippen molar-refractivity contribution in [3.05, 3.63) is 30.1 Å². The third-order valence-corrected chi connectivity index (χ3v) is 5.62. The van der Waals surface area contributed by atoms with Crippen molar-refractivity contribution >= 4 is 10.0 Å². The average molecular weight is 287 g/mol. The fourth-order valence-corrected chi connectivity index (χ4v) is 4.21. The molecule has 0 amide bonds. The Morgan fingerprint density at radius 3 is 2.68 bits per heavy atom. The molecule has 0 aliphatic carbocycles. The van der Waals surface area contributed by atoms with Gasteiger partial charge < -0.3 is 5.11 Å². The zero-order valence-corrected chi connectivity index (χ0v) is 11.6. The Hall–Kier alpha value is -0.980. The highest BCUT2D eigenvalue weighted by molar-refractivity contribution is 7.89. The minimum absolute atomic E-state index is 0.0456. The Kier molecular flexibility index (Phi) is 4.23. The van der Waals surface area contributed by atoms with E-state index in [9.17, 15) is 17.9 Å². The van der Waals surface area contributed by atoms with Gasteiger partial charge >= 0.3 is 0 Å². The van der Waals surface area contributed by atoms with Crippen LogP contribution in [0, 0.1) is 11.7 Å². The smallest absolute Gasteiger partial charge is 0.246 e. The number of piperidine rings is 1. The summed E-state index contributed by atoms with van der Waals surface area (Å²) < 4.78 is 40.0. The highest BCUT2D eigenvalue weighted by Gasteiger charge is 2.35. The largest absolute Gasteiger partial charge is 0.396 e. The SMILES string of the molecule is CC1CCC(CO)CN1S(=O)(=O)c1ccccc1F. The van der Waals surface area contributed by atoms with Crippen LogP contribution in [0.2, 0.25) is 0 Å². The van der Waals surface area contributed by atoms with Gasteiger partial charge in [-0.05, 0) is 37.8 Å². The van der Waals surface area contributed by atoms with Gasteiger partial charge in [0.25, 0.3) is 0 Å². The summed E-state index contributed by atoms with van der Waals surface area (Å²) >= 11 is 0. The molecule has 1 aromatic carbocycles. The van der Waals surface area contributed by atoms with E-state index < -0.39 is 15.8 Å². The Balaban J connectivity index is 2.36. The fraction of sp³-hybridized carbons (Fsp3) is 0.538. The van der Waals surface area contributed by atoms with Gasteiger partial charge in [-0.15, -0.1) is 0 Å². The molecule has 1 heterocycles. The molecule has 1 aliphatic heterocycles. The summed E-state index contributed by atoms with van der Waals surface area (Å²) in [5.74, 6) is -0.807. The molecule has 4 nitrogen and oxygen atoms in total. The molecule has 1 aliphatic rings. The van der Waals surface area contributed by atoms with Crippen LogP contribution in [0.5, 0.6) is 0 Å². The molecule has 0 radical (unpaired) electrons. The lowest BCUT2D eigenvalue weighted by Crippen LogP contribution is -2.46. The van der Waals surface area contributed by atoms with Gasteiger partial charge in [0.15, 0.2) is 0 Å². The van der Waals surface area contributed by atoms with Gasteiger partial charge in [0.2, 0.25) is 10.0 Å². The number of sulfonamides is 1. The van der Waals surface area contributed by atoms with E-state index >= 15 is 0 Å². The van der Waals surface area contributed by atoms with E-state index in [1.165, 1.54) is 22.5 Å². The van der Waals surface area contributed by atoms with Gasteiger partial charge in [-0.25, -0.2) is 12.8 Å². The molecule has 1 N–H and O–H groups in total. The lowest BCUT2D eigenvalue weighted by Gasteiger charge is -2.36. The highest BCUT2D eigenvalue weighted by atomic mass is 32.2. The van der Waals surface area contributed by atoms with Crippen molar-refractivity contribution in [2.24, 2.45) is 5.92 Å². The van der Waals surface area contributed by atoms with E-state index in [-0.39, 0.29) is 30.0 Å². The number of aliphatic hydroxyl groups excluding tert-OH is 1. The summed E-state index contributed by atoms with van der Waals surface area (Å²) in [6.07, 6.45) is 1.47. The van der Waals surface area contributed by atoms with Crippen LogP contribution in [-0.2, 0) is 10.0 Å². The third-order valence-electron chi connectivity index (χ3n) is 3.60. The maximum Gasteiger partial charge on any atom is 0.246 e. The van der Waals surface area contributed by atoms with E-state index in [0.717, 1.165) is 12.5 Å². The Morgan fingerprint density at radius 1 is 1.37 bits per heavy atom. The molecule has 0 saturated carbocycles. The standard InChI is InChI=1S/C13H18FNO3S/c1-10-6-7-11(9-16)8-15(10)19(17,18)13-5-3-2-4-12(13)14/h2-5,10-11,16H,6-9H2,1H3. The molecule has 2 rings (SSSR count). The molecule has 6 heteroatoms. The zero-order chi connectivity index (χ0) is 14.0. The first kappa shape index (κ1) is 14.4. The quantitative estimate of drug-likeness (QED) is 0.919. The third kappa shape index (κ3) is 2.80. The highest BCUT2D eigenvalue weighted by Crippen LogP contribution is 2.28. The second-order valence-electron chi connectivity index (χ2n) is 4.98. The molecule has 1 saturated heterocycles. The molecule has 2 unspecified atom stereocenters. The number of nitrogens with zero attached hydrogens (tertiary/aromatic N) is 1. The van der Waals surface area contributed by atoms with E-state index in [4.69, 9.17) is 0 Å². The van der Waals surface area contributed by atoms with Crippen LogP contribution < -0.4 is 0 Å². The van der Waals surface area contributed by atoms with Gasteiger partial charge in [0, 0.05) is 19.2 Å². The van der Waals surface area contributed by atoms with E-state index in [1.54, 1.807) is 0 Å². The number of benzene rings is 1. The Labute approximate surface area is 112 Å². The maximum atomic E-state index is 13.7. The maximum absolute atomic E-state index is 13.7. The summed E-state index contributed by atoms with van der Waals surface area (Å²) in [6, 6.07) is 5.22. The number of rotatable bonds is 3. The molecule has 106 valence electrons. The number of aliphatic hydroxyl groups is 1. The number of hydrogen-bond acceptors (Lipinski definition) is 3. The molecule has 0 aromatic heterocycles. The first-order valence-corrected chi connectivity index (χ1v) is 7.78. The lowest BCUT2D eigenvalue weighted by molar-refractivity contribution is 0.139. The monoisotopic (exact) mass is 287 g/mol. The van der Waals surface area contributed by atoms with E-state index in [1.807, 2.05) is 6.92 Å². The summed E-state index contributed by atoms with van der Waals surface area (Å²) in [4.78, 5) is -0.291. The summed E-state index contributed by atoms with van der Waals surface area (Å²) in [7, 11) is -3.84. The number of halogens is 1. The predicted molar refractivity (Wildman–Crippen MR) is 69.6 cm³/mol. The van der Waals surface area contributed by atoms with Crippen molar-refractivity contribution in [2.75, 3.05) is 13.2 Å². The normalized spacial score (nSPS) is 25.4. The van der Waals surface area contributed by atoms with Gasteiger partial charge in [-0.3, -0.25) is 0 Å². The van der Waals surface area contributed by atoms with Gasteiger partial charge in [0.1, 0.15) is 10.7 Å². The molecule has 1 aromatic rings. The molecule has 1 fully saturated rings. The molecular weight excluding hydrogens is 269 g/mol. The summed E-state index contributed by atoms with van der Waals surface area (Å²) in [5.41, 5.74) is 0. The topological polar surface area (TPSA) is 57.6 Å². The predicted octanol–water partition coefficient (Wildman–Crippen LogP) is 1.61. The van der Waals surface area contributed by atoms with Gasteiger partial charge in [-0.1, -0.05) is 12.1 Å². The second kappa shape index (κ2) is 5.56. The van der Waals surface area contributed by atoms with Crippen molar-refractivity contribution in [1.82, 2.24) is 4.31 Å². The first-order valence-electron chi connectivity index (χ1n) is 6.34. The summed E-state index contributed by atoms with van der Waals surface area (Å²) in [5, 5.41) is 9.19. The molecule has 19 heavy (non-hydrogen) atoms. The van der Waals surface area contributed by atoms with Gasteiger partial charge in [-0.2, -0.15) is 4.31 Å². The van der Waals surface area contributed by atoms with Crippen molar-refractivity contribution in [2.45, 2.75) is 30.7 Å². The van der Waals surface area contributed by atoms with Crippen LogP contribution in [0.3, 0.4) is 0 Å².